The minimum Gasteiger partial charge on any atom is -0.425 e. The average molecular weight is 695 g/mol. The summed E-state index contributed by atoms with van der Waals surface area (Å²) in [4.78, 5) is 4.58. The van der Waals surface area contributed by atoms with E-state index in [1.54, 1.807) is 0 Å². The zero-order chi connectivity index (χ0) is 35.8. The molecule has 0 aliphatic rings. The van der Waals surface area contributed by atoms with E-state index >= 15 is 0 Å². The lowest BCUT2D eigenvalue weighted by molar-refractivity contribution is 0.524. The van der Waals surface area contributed by atoms with Gasteiger partial charge in [0.15, 0.2) is 0 Å². The van der Waals surface area contributed by atoms with Gasteiger partial charge in [-0.2, -0.15) is 0 Å². The third kappa shape index (κ3) is 5.67. The van der Waals surface area contributed by atoms with Gasteiger partial charge in [0.1, 0.15) is 11.2 Å². The molecule has 10 rings (SSSR count). The molecule has 256 valence electrons. The number of para-hydroxylation sites is 4. The first-order valence-corrected chi connectivity index (χ1v) is 18.2. The van der Waals surface area contributed by atoms with Crippen LogP contribution >= 0.6 is 0 Å². The monoisotopic (exact) mass is 694 g/mol. The standard InChI is InChI=1S/C50H34N2O2/c1-5-17-39(18-6-1)51(40-19-7-2-8-20-40)43-25-13-15-35(31-43)37-27-29-47-45(33-37)49-46-34-38(28-30-48(46)54-50(49)53-47)36-16-14-26-44(32-36)52(41-21-9-3-10-22-41)42-23-11-4-12-24-42/h1-34H. The van der Waals surface area contributed by atoms with Crippen molar-refractivity contribution in [2.24, 2.45) is 0 Å². The molecule has 0 fully saturated rings. The third-order valence-electron chi connectivity index (χ3n) is 10.0. The van der Waals surface area contributed by atoms with E-state index in [0.717, 1.165) is 83.7 Å². The Morgan fingerprint density at radius 2 is 0.611 bits per heavy atom. The Morgan fingerprint density at radius 3 is 0.981 bits per heavy atom. The van der Waals surface area contributed by atoms with Gasteiger partial charge in [-0.25, -0.2) is 0 Å². The Kier molecular flexibility index (Phi) is 7.77. The third-order valence-corrected chi connectivity index (χ3v) is 10.0. The van der Waals surface area contributed by atoms with Crippen molar-refractivity contribution in [3.05, 3.63) is 206 Å². The summed E-state index contributed by atoms with van der Waals surface area (Å²) < 4.78 is 12.6. The maximum absolute atomic E-state index is 6.32. The zero-order valence-corrected chi connectivity index (χ0v) is 29.3. The minimum atomic E-state index is 0.537. The van der Waals surface area contributed by atoms with Gasteiger partial charge in [-0.1, -0.05) is 109 Å². The van der Waals surface area contributed by atoms with E-state index in [0.29, 0.717) is 5.78 Å². The van der Waals surface area contributed by atoms with Gasteiger partial charge in [0, 0.05) is 44.9 Å². The van der Waals surface area contributed by atoms with Gasteiger partial charge in [-0.3, -0.25) is 0 Å². The van der Waals surface area contributed by atoms with Crippen LogP contribution in [0.25, 0.3) is 55.4 Å². The molecule has 2 aromatic heterocycles. The second-order valence-electron chi connectivity index (χ2n) is 13.4. The first kappa shape index (κ1) is 31.4. The fourth-order valence-electron chi connectivity index (χ4n) is 7.53. The lowest BCUT2D eigenvalue weighted by atomic mass is 9.99. The molecule has 2 heterocycles. The second kappa shape index (κ2) is 13.4. The molecule has 0 aliphatic heterocycles. The van der Waals surface area contributed by atoms with Gasteiger partial charge < -0.3 is 18.6 Å². The number of hydrogen-bond donors (Lipinski definition) is 0. The summed E-state index contributed by atoms with van der Waals surface area (Å²) in [5.74, 6) is 0.537. The van der Waals surface area contributed by atoms with Gasteiger partial charge >= 0.3 is 0 Å². The molecular weight excluding hydrogens is 661 g/mol. The molecule has 4 nitrogen and oxygen atoms in total. The molecule has 0 spiro atoms. The summed E-state index contributed by atoms with van der Waals surface area (Å²) in [6, 6.07) is 72.2. The fraction of sp³-hybridized carbons (Fsp3) is 0. The molecule has 0 atom stereocenters. The predicted octanol–water partition coefficient (Wildman–Crippen LogP) is 14.6. The van der Waals surface area contributed by atoms with Crippen molar-refractivity contribution in [3.63, 3.8) is 0 Å². The first-order chi connectivity index (χ1) is 26.8. The highest BCUT2D eigenvalue weighted by Gasteiger charge is 2.19. The SMILES string of the molecule is c1ccc(N(c2ccccc2)c2cccc(-c3ccc4oc5oc6ccc(-c7cccc(N(c8ccccc8)c8ccccc8)c7)cc6c5c4c3)c2)cc1. The van der Waals surface area contributed by atoms with Crippen molar-refractivity contribution in [1.29, 1.82) is 0 Å². The van der Waals surface area contributed by atoms with Crippen LogP contribution in [0.15, 0.2) is 215 Å². The van der Waals surface area contributed by atoms with Crippen LogP contribution in [0.2, 0.25) is 0 Å². The largest absolute Gasteiger partial charge is 0.425 e. The van der Waals surface area contributed by atoms with Gasteiger partial charge in [0.2, 0.25) is 0 Å². The molecule has 8 aromatic carbocycles. The van der Waals surface area contributed by atoms with Crippen LogP contribution in [0.5, 0.6) is 0 Å². The van der Waals surface area contributed by atoms with E-state index in [9.17, 15) is 0 Å². The Bertz CT molecular complexity index is 2600. The van der Waals surface area contributed by atoms with Crippen LogP contribution < -0.4 is 9.80 Å². The molecule has 0 unspecified atom stereocenters. The Morgan fingerprint density at radius 1 is 0.278 bits per heavy atom. The molecule has 54 heavy (non-hydrogen) atoms. The smallest absolute Gasteiger partial charge is 0.299 e. The first-order valence-electron chi connectivity index (χ1n) is 18.2. The van der Waals surface area contributed by atoms with Gasteiger partial charge in [0.25, 0.3) is 5.78 Å². The number of nitrogens with zero attached hydrogens (tertiary/aromatic N) is 2. The molecule has 0 aliphatic carbocycles. The highest BCUT2D eigenvalue weighted by atomic mass is 16.5. The summed E-state index contributed by atoms with van der Waals surface area (Å²) >= 11 is 0. The van der Waals surface area contributed by atoms with Crippen LogP contribution in [0.3, 0.4) is 0 Å². The van der Waals surface area contributed by atoms with Crippen molar-refractivity contribution < 1.29 is 8.83 Å². The van der Waals surface area contributed by atoms with Gasteiger partial charge in [-0.05, 0) is 119 Å². The summed E-state index contributed by atoms with van der Waals surface area (Å²) in [5.41, 5.74) is 12.6. The molecule has 0 N–H and O–H groups in total. The lowest BCUT2D eigenvalue weighted by Crippen LogP contribution is -2.09. The molecule has 0 saturated carbocycles. The van der Waals surface area contributed by atoms with E-state index in [4.69, 9.17) is 8.83 Å². The quantitative estimate of drug-likeness (QED) is 0.158. The van der Waals surface area contributed by atoms with Crippen molar-refractivity contribution in [3.8, 4) is 22.3 Å². The number of rotatable bonds is 8. The summed E-state index contributed by atoms with van der Waals surface area (Å²) in [6.45, 7) is 0. The number of benzene rings is 8. The molecule has 4 heteroatoms. The van der Waals surface area contributed by atoms with E-state index in [-0.39, 0.29) is 0 Å². The zero-order valence-electron chi connectivity index (χ0n) is 29.3. The number of anilines is 6. The van der Waals surface area contributed by atoms with Crippen molar-refractivity contribution in [2.75, 3.05) is 9.80 Å². The summed E-state index contributed by atoms with van der Waals surface area (Å²) in [5, 5.41) is 3.04. The van der Waals surface area contributed by atoms with Gasteiger partial charge in [0.05, 0.1) is 5.39 Å². The number of fused-ring (bicyclic) bond motifs is 5. The molecule has 0 amide bonds. The summed E-state index contributed by atoms with van der Waals surface area (Å²) in [7, 11) is 0. The number of furan rings is 2. The Hall–Kier alpha value is -7.30. The van der Waals surface area contributed by atoms with Crippen molar-refractivity contribution in [2.45, 2.75) is 0 Å². The topological polar surface area (TPSA) is 32.8 Å². The predicted molar refractivity (Wildman–Crippen MR) is 224 cm³/mol. The van der Waals surface area contributed by atoms with E-state index in [1.807, 2.05) is 0 Å². The van der Waals surface area contributed by atoms with Gasteiger partial charge in [-0.15, -0.1) is 0 Å². The molecule has 0 bridgehead atoms. The lowest BCUT2D eigenvalue weighted by Gasteiger charge is -2.26. The average Bonchev–Trinajstić information content (AvgIpc) is 3.78. The van der Waals surface area contributed by atoms with Crippen LogP contribution in [-0.2, 0) is 0 Å². The van der Waals surface area contributed by atoms with Crippen LogP contribution in [0.4, 0.5) is 34.1 Å². The van der Waals surface area contributed by atoms with Crippen LogP contribution in [0.1, 0.15) is 0 Å². The molecule has 0 radical (unpaired) electrons. The fourth-order valence-corrected chi connectivity index (χ4v) is 7.53. The van der Waals surface area contributed by atoms with E-state index < -0.39 is 0 Å². The Balaban J connectivity index is 1.06. The highest BCUT2D eigenvalue weighted by Crippen LogP contribution is 2.42. The maximum atomic E-state index is 6.32. The van der Waals surface area contributed by atoms with E-state index in [1.165, 1.54) is 0 Å². The normalized spacial score (nSPS) is 11.3. The van der Waals surface area contributed by atoms with Crippen molar-refractivity contribution >= 4 is 67.2 Å². The van der Waals surface area contributed by atoms with Crippen molar-refractivity contribution in [1.82, 2.24) is 0 Å². The highest BCUT2D eigenvalue weighted by molar-refractivity contribution is 6.18. The van der Waals surface area contributed by atoms with Crippen LogP contribution in [-0.4, -0.2) is 0 Å². The number of hydrogen-bond acceptors (Lipinski definition) is 4. The Labute approximate surface area is 313 Å². The van der Waals surface area contributed by atoms with Crippen LogP contribution in [0, 0.1) is 0 Å². The minimum absolute atomic E-state index is 0.537. The second-order valence-corrected chi connectivity index (χ2v) is 13.4. The summed E-state index contributed by atoms with van der Waals surface area (Å²) in [6.07, 6.45) is 0. The maximum Gasteiger partial charge on any atom is 0.299 e. The van der Waals surface area contributed by atoms with E-state index in [2.05, 4.69) is 216 Å². The molecule has 10 aromatic rings. The molecular formula is C50H34N2O2. The molecule has 0 saturated heterocycles.